The Morgan fingerprint density at radius 3 is 2.69 bits per heavy atom. The SMILES string of the molecule is CN1C[C@]2(CCN(C(=O)c3cc(-c4ccccc4)n(C)n3)C2)OCC1=O. The van der Waals surface area contributed by atoms with Crippen LogP contribution in [0.2, 0.25) is 0 Å². The zero-order valence-electron chi connectivity index (χ0n) is 15.0. The standard InChI is InChI=1S/C19H22N4O3/c1-21-12-19(26-11-17(21)24)8-9-23(13-19)18(25)15-10-16(22(2)20-15)14-6-4-3-5-7-14/h3-7,10H,8-9,11-13H2,1-2H3/t19-/m0/s1. The molecular formula is C19H22N4O3. The summed E-state index contributed by atoms with van der Waals surface area (Å²) in [4.78, 5) is 28.0. The first-order valence-electron chi connectivity index (χ1n) is 8.74. The molecule has 4 rings (SSSR count). The Labute approximate surface area is 152 Å². The highest BCUT2D eigenvalue weighted by Crippen LogP contribution is 2.30. The molecule has 0 bridgehead atoms. The summed E-state index contributed by atoms with van der Waals surface area (Å²) in [6.45, 7) is 1.70. The van der Waals surface area contributed by atoms with Crippen molar-refractivity contribution in [3.63, 3.8) is 0 Å². The summed E-state index contributed by atoms with van der Waals surface area (Å²) < 4.78 is 7.55. The van der Waals surface area contributed by atoms with Crippen LogP contribution in [-0.2, 0) is 16.6 Å². The van der Waals surface area contributed by atoms with Gasteiger partial charge in [0.15, 0.2) is 5.69 Å². The maximum atomic E-state index is 12.9. The van der Waals surface area contributed by atoms with Crippen LogP contribution in [0.1, 0.15) is 16.9 Å². The molecule has 2 amide bonds. The summed E-state index contributed by atoms with van der Waals surface area (Å²) in [6.07, 6.45) is 0.731. The molecule has 2 aliphatic rings. The minimum absolute atomic E-state index is 0.0161. The van der Waals surface area contributed by atoms with Gasteiger partial charge in [0, 0.05) is 20.6 Å². The number of carbonyl (C=O) groups is 2. The second kappa shape index (κ2) is 6.25. The Balaban J connectivity index is 1.52. The van der Waals surface area contributed by atoms with Gasteiger partial charge < -0.3 is 14.5 Å². The zero-order valence-corrected chi connectivity index (χ0v) is 15.0. The second-order valence-electron chi connectivity index (χ2n) is 7.10. The molecule has 0 radical (unpaired) electrons. The summed E-state index contributed by atoms with van der Waals surface area (Å²) in [7, 11) is 3.62. The second-order valence-corrected chi connectivity index (χ2v) is 7.10. The van der Waals surface area contributed by atoms with Gasteiger partial charge in [-0.2, -0.15) is 5.10 Å². The van der Waals surface area contributed by atoms with Crippen LogP contribution in [0.5, 0.6) is 0 Å². The van der Waals surface area contributed by atoms with E-state index in [9.17, 15) is 9.59 Å². The number of morpholine rings is 1. The van der Waals surface area contributed by atoms with Crippen LogP contribution in [0.15, 0.2) is 36.4 Å². The van der Waals surface area contributed by atoms with Gasteiger partial charge in [-0.3, -0.25) is 14.3 Å². The number of hydrogen-bond acceptors (Lipinski definition) is 4. The van der Waals surface area contributed by atoms with E-state index in [4.69, 9.17) is 4.74 Å². The number of likely N-dealkylation sites (tertiary alicyclic amines) is 1. The molecule has 2 aliphatic heterocycles. The van der Waals surface area contributed by atoms with E-state index in [-0.39, 0.29) is 18.4 Å². The highest BCUT2D eigenvalue weighted by atomic mass is 16.5. The maximum Gasteiger partial charge on any atom is 0.274 e. The van der Waals surface area contributed by atoms with Gasteiger partial charge in [-0.05, 0) is 18.1 Å². The molecular weight excluding hydrogens is 332 g/mol. The molecule has 0 unspecified atom stereocenters. The van der Waals surface area contributed by atoms with Gasteiger partial charge in [0.2, 0.25) is 5.91 Å². The van der Waals surface area contributed by atoms with Crippen molar-refractivity contribution in [3.8, 4) is 11.3 Å². The summed E-state index contributed by atoms with van der Waals surface area (Å²) in [5.74, 6) is -0.111. The monoisotopic (exact) mass is 354 g/mol. The van der Waals surface area contributed by atoms with Crippen LogP contribution in [0, 0.1) is 0 Å². The van der Waals surface area contributed by atoms with E-state index in [1.807, 2.05) is 43.4 Å². The Morgan fingerprint density at radius 1 is 1.19 bits per heavy atom. The number of benzene rings is 1. The normalized spacial score (nSPS) is 23.1. The lowest BCUT2D eigenvalue weighted by Crippen LogP contribution is -2.54. The minimum Gasteiger partial charge on any atom is -0.361 e. The molecule has 2 saturated heterocycles. The lowest BCUT2D eigenvalue weighted by Gasteiger charge is -2.38. The zero-order chi connectivity index (χ0) is 18.3. The van der Waals surface area contributed by atoms with Crippen molar-refractivity contribution >= 4 is 11.8 Å². The molecule has 2 aromatic rings. The summed E-state index contributed by atoms with van der Waals surface area (Å²) in [5.41, 5.74) is 1.91. The van der Waals surface area contributed by atoms with Gasteiger partial charge in [-0.15, -0.1) is 0 Å². The van der Waals surface area contributed by atoms with E-state index in [0.717, 1.165) is 17.7 Å². The number of hydrogen-bond donors (Lipinski definition) is 0. The molecule has 3 heterocycles. The van der Waals surface area contributed by atoms with Crippen molar-refractivity contribution in [3.05, 3.63) is 42.1 Å². The van der Waals surface area contributed by atoms with Gasteiger partial charge in [-0.1, -0.05) is 30.3 Å². The molecule has 2 fully saturated rings. The van der Waals surface area contributed by atoms with Crippen molar-refractivity contribution in [2.24, 2.45) is 7.05 Å². The minimum atomic E-state index is -0.449. The number of aryl methyl sites for hydroxylation is 1. The quantitative estimate of drug-likeness (QED) is 0.812. The van der Waals surface area contributed by atoms with Gasteiger partial charge >= 0.3 is 0 Å². The first-order chi connectivity index (χ1) is 12.5. The highest BCUT2D eigenvalue weighted by molar-refractivity contribution is 5.93. The van der Waals surface area contributed by atoms with E-state index in [1.165, 1.54) is 0 Å². The molecule has 1 spiro atoms. The molecule has 7 heteroatoms. The van der Waals surface area contributed by atoms with Crippen molar-refractivity contribution in [1.82, 2.24) is 19.6 Å². The van der Waals surface area contributed by atoms with E-state index in [1.54, 1.807) is 21.5 Å². The lowest BCUT2D eigenvalue weighted by molar-refractivity contribution is -0.158. The predicted molar refractivity (Wildman–Crippen MR) is 95.5 cm³/mol. The van der Waals surface area contributed by atoms with E-state index >= 15 is 0 Å². The van der Waals surface area contributed by atoms with Crippen molar-refractivity contribution in [2.75, 3.05) is 33.3 Å². The predicted octanol–water partition coefficient (Wildman–Crippen LogP) is 1.16. The molecule has 0 N–H and O–H groups in total. The first-order valence-corrected chi connectivity index (χ1v) is 8.74. The van der Waals surface area contributed by atoms with Crippen LogP contribution in [0.25, 0.3) is 11.3 Å². The van der Waals surface area contributed by atoms with Crippen LogP contribution < -0.4 is 0 Å². The number of carbonyl (C=O) groups excluding carboxylic acids is 2. The van der Waals surface area contributed by atoms with E-state index in [0.29, 0.717) is 25.3 Å². The fourth-order valence-corrected chi connectivity index (χ4v) is 3.77. The fourth-order valence-electron chi connectivity index (χ4n) is 3.77. The van der Waals surface area contributed by atoms with Crippen LogP contribution in [0.4, 0.5) is 0 Å². The highest BCUT2D eigenvalue weighted by Gasteiger charge is 2.45. The van der Waals surface area contributed by atoms with Crippen molar-refractivity contribution in [2.45, 2.75) is 12.0 Å². The molecule has 1 aromatic heterocycles. The number of amides is 2. The number of rotatable bonds is 2. The summed E-state index contributed by atoms with van der Waals surface area (Å²) in [5, 5.41) is 4.41. The third-order valence-electron chi connectivity index (χ3n) is 5.22. The Hall–Kier alpha value is -2.67. The number of aromatic nitrogens is 2. The van der Waals surface area contributed by atoms with Crippen LogP contribution >= 0.6 is 0 Å². The molecule has 1 atom stereocenters. The molecule has 136 valence electrons. The number of nitrogens with zero attached hydrogens (tertiary/aromatic N) is 4. The van der Waals surface area contributed by atoms with Crippen LogP contribution in [0.3, 0.4) is 0 Å². The molecule has 7 nitrogen and oxygen atoms in total. The number of likely N-dealkylation sites (N-methyl/N-ethyl adjacent to an activating group) is 1. The largest absolute Gasteiger partial charge is 0.361 e. The Bertz CT molecular complexity index is 848. The van der Waals surface area contributed by atoms with Gasteiger partial charge in [-0.25, -0.2) is 0 Å². The van der Waals surface area contributed by atoms with Crippen LogP contribution in [-0.4, -0.2) is 70.3 Å². The molecule has 0 saturated carbocycles. The third-order valence-corrected chi connectivity index (χ3v) is 5.22. The molecule has 26 heavy (non-hydrogen) atoms. The Kier molecular flexibility index (Phi) is 4.03. The van der Waals surface area contributed by atoms with Gasteiger partial charge in [0.05, 0.1) is 18.8 Å². The van der Waals surface area contributed by atoms with E-state index in [2.05, 4.69) is 5.10 Å². The smallest absolute Gasteiger partial charge is 0.274 e. The van der Waals surface area contributed by atoms with Crippen molar-refractivity contribution in [1.29, 1.82) is 0 Å². The van der Waals surface area contributed by atoms with Crippen molar-refractivity contribution < 1.29 is 14.3 Å². The summed E-state index contributed by atoms with van der Waals surface area (Å²) >= 11 is 0. The average Bonchev–Trinajstić information content (AvgIpc) is 3.23. The fraction of sp³-hybridized carbons (Fsp3) is 0.421. The topological polar surface area (TPSA) is 67.7 Å². The van der Waals surface area contributed by atoms with Gasteiger partial charge in [0.1, 0.15) is 12.2 Å². The first kappa shape index (κ1) is 16.8. The van der Waals surface area contributed by atoms with E-state index < -0.39 is 5.60 Å². The van der Waals surface area contributed by atoms with Gasteiger partial charge in [0.25, 0.3) is 5.91 Å². The Morgan fingerprint density at radius 2 is 1.96 bits per heavy atom. The molecule has 1 aromatic carbocycles. The molecule has 0 aliphatic carbocycles. The number of ether oxygens (including phenoxy) is 1. The lowest BCUT2D eigenvalue weighted by atomic mass is 10.0. The third kappa shape index (κ3) is 2.88. The summed E-state index contributed by atoms with van der Waals surface area (Å²) in [6, 6.07) is 11.7. The maximum absolute atomic E-state index is 12.9. The average molecular weight is 354 g/mol.